The molecule has 1 saturated heterocycles. The highest BCUT2D eigenvalue weighted by Gasteiger charge is 2.22. The molecule has 0 radical (unpaired) electrons. The molecule has 0 aromatic heterocycles. The highest BCUT2D eigenvalue weighted by molar-refractivity contribution is 5.78. The van der Waals surface area contributed by atoms with E-state index in [2.05, 4.69) is 29.1 Å². The molecule has 1 amide bonds. The fraction of sp³-hybridized carbons (Fsp3) is 0.588. The first-order valence-corrected chi connectivity index (χ1v) is 7.84. The van der Waals surface area contributed by atoms with Gasteiger partial charge in [-0.2, -0.15) is 0 Å². The summed E-state index contributed by atoms with van der Waals surface area (Å²) in [4.78, 5) is 16.6. The second-order valence-electron chi connectivity index (χ2n) is 6.11. The van der Waals surface area contributed by atoms with Gasteiger partial charge in [-0.3, -0.25) is 9.69 Å². The Morgan fingerprint density at radius 2 is 1.95 bits per heavy atom. The maximum absolute atomic E-state index is 12.1. The van der Waals surface area contributed by atoms with Gasteiger partial charge in [0.1, 0.15) is 0 Å². The van der Waals surface area contributed by atoms with Gasteiger partial charge in [0.2, 0.25) is 5.91 Å². The van der Waals surface area contributed by atoms with E-state index in [1.54, 1.807) is 7.11 Å². The minimum atomic E-state index is 0.0948. The average molecular weight is 305 g/mol. The van der Waals surface area contributed by atoms with Crippen molar-refractivity contribution in [1.82, 2.24) is 15.1 Å². The van der Waals surface area contributed by atoms with Crippen LogP contribution < -0.4 is 5.32 Å². The monoisotopic (exact) mass is 305 g/mol. The SMILES string of the molecule is COCc1ccc(CNC(=O)CN2CCN(C)C[C@H]2C)cc1. The number of amides is 1. The number of hydrogen-bond acceptors (Lipinski definition) is 4. The Balaban J connectivity index is 1.75. The molecule has 122 valence electrons. The normalized spacial score (nSPS) is 20.0. The van der Waals surface area contributed by atoms with E-state index < -0.39 is 0 Å². The lowest BCUT2D eigenvalue weighted by atomic mass is 10.1. The van der Waals surface area contributed by atoms with E-state index in [1.807, 2.05) is 24.3 Å². The molecule has 0 bridgehead atoms. The van der Waals surface area contributed by atoms with Crippen molar-refractivity contribution in [2.75, 3.05) is 40.3 Å². The van der Waals surface area contributed by atoms with Gasteiger partial charge < -0.3 is 15.0 Å². The van der Waals surface area contributed by atoms with Crippen LogP contribution in [0.15, 0.2) is 24.3 Å². The minimum absolute atomic E-state index is 0.0948. The Morgan fingerprint density at radius 3 is 2.59 bits per heavy atom. The number of nitrogens with zero attached hydrogens (tertiary/aromatic N) is 2. The van der Waals surface area contributed by atoms with E-state index in [1.165, 1.54) is 0 Å². The Kier molecular flexibility index (Phi) is 6.36. The van der Waals surface area contributed by atoms with Crippen LogP contribution in [0.1, 0.15) is 18.1 Å². The fourth-order valence-corrected chi connectivity index (χ4v) is 2.77. The van der Waals surface area contributed by atoms with Crippen LogP contribution in [0.2, 0.25) is 0 Å². The zero-order chi connectivity index (χ0) is 15.9. The van der Waals surface area contributed by atoms with E-state index in [9.17, 15) is 4.79 Å². The third kappa shape index (κ3) is 5.09. The van der Waals surface area contributed by atoms with Crippen molar-refractivity contribution in [1.29, 1.82) is 0 Å². The molecule has 1 fully saturated rings. The van der Waals surface area contributed by atoms with E-state index >= 15 is 0 Å². The van der Waals surface area contributed by atoms with Crippen LogP contribution in [-0.2, 0) is 22.7 Å². The predicted molar refractivity (Wildman–Crippen MR) is 87.5 cm³/mol. The maximum Gasteiger partial charge on any atom is 0.234 e. The minimum Gasteiger partial charge on any atom is -0.380 e. The lowest BCUT2D eigenvalue weighted by Gasteiger charge is -2.37. The number of benzene rings is 1. The van der Waals surface area contributed by atoms with Crippen LogP contribution in [0.25, 0.3) is 0 Å². The second-order valence-corrected chi connectivity index (χ2v) is 6.11. The van der Waals surface area contributed by atoms with Crippen LogP contribution in [0, 0.1) is 0 Å². The second kappa shape index (κ2) is 8.27. The number of ether oxygens (including phenoxy) is 1. The summed E-state index contributed by atoms with van der Waals surface area (Å²) >= 11 is 0. The summed E-state index contributed by atoms with van der Waals surface area (Å²) in [6.45, 7) is 6.86. The zero-order valence-corrected chi connectivity index (χ0v) is 13.8. The molecule has 1 aliphatic heterocycles. The molecular formula is C17H27N3O2. The van der Waals surface area contributed by atoms with Gasteiger partial charge in [0.25, 0.3) is 0 Å². The van der Waals surface area contributed by atoms with Crippen LogP contribution in [-0.4, -0.2) is 62.1 Å². The quantitative estimate of drug-likeness (QED) is 0.854. The van der Waals surface area contributed by atoms with Crippen molar-refractivity contribution in [2.45, 2.75) is 26.1 Å². The Morgan fingerprint density at radius 1 is 1.27 bits per heavy atom. The standard InChI is InChI=1S/C17H27N3O2/c1-14-11-19(2)8-9-20(14)12-17(21)18-10-15-4-6-16(7-5-15)13-22-3/h4-7,14H,8-13H2,1-3H3,(H,18,21)/t14-/m1/s1. The van der Waals surface area contributed by atoms with Crippen molar-refractivity contribution in [2.24, 2.45) is 0 Å². The molecular weight excluding hydrogens is 278 g/mol. The lowest BCUT2D eigenvalue weighted by molar-refractivity contribution is -0.123. The van der Waals surface area contributed by atoms with Gasteiger partial charge in [-0.15, -0.1) is 0 Å². The van der Waals surface area contributed by atoms with Gasteiger partial charge in [-0.25, -0.2) is 0 Å². The van der Waals surface area contributed by atoms with Gasteiger partial charge >= 0.3 is 0 Å². The molecule has 2 rings (SSSR count). The Hall–Kier alpha value is -1.43. The number of piperazine rings is 1. The van der Waals surface area contributed by atoms with Gasteiger partial charge in [0, 0.05) is 39.3 Å². The number of carbonyl (C=O) groups is 1. The Bertz CT molecular complexity index is 475. The molecule has 5 nitrogen and oxygen atoms in total. The van der Waals surface area contributed by atoms with Crippen molar-refractivity contribution < 1.29 is 9.53 Å². The average Bonchev–Trinajstić information content (AvgIpc) is 2.50. The summed E-state index contributed by atoms with van der Waals surface area (Å²) in [6.07, 6.45) is 0. The van der Waals surface area contributed by atoms with E-state index in [0.717, 1.165) is 30.8 Å². The topological polar surface area (TPSA) is 44.8 Å². The highest BCUT2D eigenvalue weighted by atomic mass is 16.5. The Labute approximate surface area is 133 Å². The van der Waals surface area contributed by atoms with Crippen molar-refractivity contribution >= 4 is 5.91 Å². The summed E-state index contributed by atoms with van der Waals surface area (Å²) in [5.74, 6) is 0.0948. The van der Waals surface area contributed by atoms with Crippen molar-refractivity contribution in [3.63, 3.8) is 0 Å². The number of nitrogens with one attached hydrogen (secondary N) is 1. The molecule has 1 aromatic carbocycles. The largest absolute Gasteiger partial charge is 0.380 e. The highest BCUT2D eigenvalue weighted by Crippen LogP contribution is 2.08. The number of methoxy groups -OCH3 is 1. The molecule has 0 saturated carbocycles. The van der Waals surface area contributed by atoms with Gasteiger partial charge in [0.15, 0.2) is 0 Å². The van der Waals surface area contributed by atoms with Gasteiger partial charge in [-0.05, 0) is 25.1 Å². The molecule has 5 heteroatoms. The zero-order valence-electron chi connectivity index (χ0n) is 13.8. The van der Waals surface area contributed by atoms with Gasteiger partial charge in [0.05, 0.1) is 13.2 Å². The number of rotatable bonds is 6. The third-order valence-electron chi connectivity index (χ3n) is 4.14. The van der Waals surface area contributed by atoms with Crippen LogP contribution in [0.3, 0.4) is 0 Å². The third-order valence-corrected chi connectivity index (χ3v) is 4.14. The number of likely N-dealkylation sites (N-methyl/N-ethyl adjacent to an activating group) is 1. The fourth-order valence-electron chi connectivity index (χ4n) is 2.77. The molecule has 1 aromatic rings. The summed E-state index contributed by atoms with van der Waals surface area (Å²) in [5.41, 5.74) is 2.25. The number of hydrogen-bond donors (Lipinski definition) is 1. The lowest BCUT2D eigenvalue weighted by Crippen LogP contribution is -2.53. The molecule has 0 aliphatic carbocycles. The summed E-state index contributed by atoms with van der Waals surface area (Å²) < 4.78 is 5.09. The predicted octanol–water partition coefficient (Wildman–Crippen LogP) is 1.09. The summed E-state index contributed by atoms with van der Waals surface area (Å²) in [5, 5.41) is 3.00. The first kappa shape index (κ1) is 16.9. The van der Waals surface area contributed by atoms with Crippen LogP contribution >= 0.6 is 0 Å². The molecule has 0 spiro atoms. The smallest absolute Gasteiger partial charge is 0.234 e. The first-order valence-electron chi connectivity index (χ1n) is 7.84. The summed E-state index contributed by atoms with van der Waals surface area (Å²) in [7, 11) is 3.81. The van der Waals surface area contributed by atoms with Gasteiger partial charge in [-0.1, -0.05) is 24.3 Å². The van der Waals surface area contributed by atoms with E-state index in [4.69, 9.17) is 4.74 Å². The molecule has 1 atom stereocenters. The molecule has 22 heavy (non-hydrogen) atoms. The molecule has 1 N–H and O–H groups in total. The maximum atomic E-state index is 12.1. The first-order chi connectivity index (χ1) is 10.6. The van der Waals surface area contributed by atoms with Crippen LogP contribution in [0.4, 0.5) is 0 Å². The summed E-state index contributed by atoms with van der Waals surface area (Å²) in [6, 6.07) is 8.57. The molecule has 0 unspecified atom stereocenters. The molecule has 1 heterocycles. The van der Waals surface area contributed by atoms with Crippen LogP contribution in [0.5, 0.6) is 0 Å². The molecule has 1 aliphatic rings. The van der Waals surface area contributed by atoms with Crippen molar-refractivity contribution in [3.8, 4) is 0 Å². The number of carbonyl (C=O) groups excluding carboxylic acids is 1. The van der Waals surface area contributed by atoms with Crippen molar-refractivity contribution in [3.05, 3.63) is 35.4 Å². The van der Waals surface area contributed by atoms with E-state index in [-0.39, 0.29) is 5.91 Å². The van der Waals surface area contributed by atoms with E-state index in [0.29, 0.717) is 25.7 Å².